The van der Waals surface area contributed by atoms with E-state index in [0.29, 0.717) is 19.1 Å². The molecule has 2 aromatic heterocycles. The van der Waals surface area contributed by atoms with Crippen molar-refractivity contribution in [2.45, 2.75) is 52.7 Å². The Hall–Kier alpha value is -2.08. The van der Waals surface area contributed by atoms with Crippen molar-refractivity contribution in [1.82, 2.24) is 19.6 Å². The molecule has 6 heteroatoms. The average molecular weight is 344 g/mol. The third-order valence-electron chi connectivity index (χ3n) is 4.94. The van der Waals surface area contributed by atoms with Crippen molar-refractivity contribution in [2.75, 3.05) is 20.1 Å². The summed E-state index contributed by atoms with van der Waals surface area (Å²) in [7, 11) is 1.84. The number of likely N-dealkylation sites (tertiary alicyclic amines) is 1. The SMILES string of the molecule is Cc1cc(C)n(C[C@H]2CCCN2CC(=O)N(C)Cc2ccc(C)o2)n1. The highest BCUT2D eigenvalue weighted by molar-refractivity contribution is 5.78. The van der Waals surface area contributed by atoms with E-state index in [9.17, 15) is 4.79 Å². The first-order chi connectivity index (χ1) is 11.9. The normalized spacial score (nSPS) is 18.0. The van der Waals surface area contributed by atoms with Gasteiger partial charge in [-0.3, -0.25) is 14.4 Å². The summed E-state index contributed by atoms with van der Waals surface area (Å²) < 4.78 is 7.64. The van der Waals surface area contributed by atoms with Gasteiger partial charge in [0.15, 0.2) is 0 Å². The molecular weight excluding hydrogens is 316 g/mol. The molecule has 1 amide bonds. The number of hydrogen-bond donors (Lipinski definition) is 0. The molecule has 0 radical (unpaired) electrons. The number of rotatable bonds is 6. The summed E-state index contributed by atoms with van der Waals surface area (Å²) in [4.78, 5) is 16.6. The van der Waals surface area contributed by atoms with Crippen molar-refractivity contribution in [1.29, 1.82) is 0 Å². The first kappa shape index (κ1) is 17.7. The predicted octanol–water partition coefficient (Wildman–Crippen LogP) is 2.52. The zero-order valence-electron chi connectivity index (χ0n) is 15.7. The lowest BCUT2D eigenvalue weighted by molar-refractivity contribution is -0.132. The number of nitrogens with zero attached hydrogens (tertiary/aromatic N) is 4. The number of likely N-dealkylation sites (N-methyl/N-ethyl adjacent to an activating group) is 1. The van der Waals surface area contributed by atoms with E-state index in [4.69, 9.17) is 4.42 Å². The van der Waals surface area contributed by atoms with E-state index in [0.717, 1.165) is 43.1 Å². The fourth-order valence-electron chi connectivity index (χ4n) is 3.56. The summed E-state index contributed by atoms with van der Waals surface area (Å²) in [5.41, 5.74) is 2.23. The van der Waals surface area contributed by atoms with Crippen molar-refractivity contribution in [3.05, 3.63) is 41.1 Å². The Labute approximate surface area is 149 Å². The van der Waals surface area contributed by atoms with Gasteiger partial charge in [0, 0.05) is 18.8 Å². The maximum Gasteiger partial charge on any atom is 0.236 e. The fourth-order valence-corrected chi connectivity index (χ4v) is 3.56. The van der Waals surface area contributed by atoms with Crippen LogP contribution in [0.5, 0.6) is 0 Å². The van der Waals surface area contributed by atoms with Crippen LogP contribution in [0.1, 0.15) is 35.7 Å². The molecule has 3 rings (SSSR count). The largest absolute Gasteiger partial charge is 0.464 e. The molecule has 2 aromatic rings. The zero-order chi connectivity index (χ0) is 18.0. The van der Waals surface area contributed by atoms with Crippen LogP contribution in [-0.2, 0) is 17.9 Å². The minimum atomic E-state index is 0.134. The molecular formula is C19H28N4O2. The van der Waals surface area contributed by atoms with E-state index >= 15 is 0 Å². The summed E-state index contributed by atoms with van der Waals surface area (Å²) in [6.07, 6.45) is 2.26. The molecule has 1 aliphatic heterocycles. The maximum absolute atomic E-state index is 12.6. The number of carbonyl (C=O) groups is 1. The smallest absolute Gasteiger partial charge is 0.236 e. The zero-order valence-corrected chi connectivity index (χ0v) is 15.7. The minimum absolute atomic E-state index is 0.134. The van der Waals surface area contributed by atoms with Crippen LogP contribution in [0.3, 0.4) is 0 Å². The van der Waals surface area contributed by atoms with Gasteiger partial charge >= 0.3 is 0 Å². The van der Waals surface area contributed by atoms with Crippen LogP contribution in [0, 0.1) is 20.8 Å². The molecule has 6 nitrogen and oxygen atoms in total. The second-order valence-corrected chi connectivity index (χ2v) is 7.14. The Morgan fingerprint density at radius 3 is 2.80 bits per heavy atom. The van der Waals surface area contributed by atoms with Gasteiger partial charge in [-0.25, -0.2) is 0 Å². The van der Waals surface area contributed by atoms with Gasteiger partial charge in [-0.2, -0.15) is 5.10 Å². The molecule has 0 bridgehead atoms. The molecule has 0 aliphatic carbocycles. The van der Waals surface area contributed by atoms with Crippen molar-refractivity contribution >= 4 is 5.91 Å². The van der Waals surface area contributed by atoms with Crippen LogP contribution in [0.15, 0.2) is 22.6 Å². The molecule has 1 saturated heterocycles. The monoisotopic (exact) mass is 344 g/mol. The Morgan fingerprint density at radius 1 is 1.36 bits per heavy atom. The van der Waals surface area contributed by atoms with Crippen LogP contribution in [0.25, 0.3) is 0 Å². The van der Waals surface area contributed by atoms with Gasteiger partial charge in [-0.05, 0) is 58.4 Å². The fraction of sp³-hybridized carbons (Fsp3) is 0.579. The van der Waals surface area contributed by atoms with Gasteiger partial charge in [-0.15, -0.1) is 0 Å². The molecule has 0 saturated carbocycles. The van der Waals surface area contributed by atoms with Gasteiger partial charge in [0.1, 0.15) is 11.5 Å². The summed E-state index contributed by atoms with van der Waals surface area (Å²) >= 11 is 0. The lowest BCUT2D eigenvalue weighted by Crippen LogP contribution is -2.42. The van der Waals surface area contributed by atoms with Crippen LogP contribution in [-0.4, -0.2) is 51.7 Å². The van der Waals surface area contributed by atoms with Crippen LogP contribution in [0.2, 0.25) is 0 Å². The third-order valence-corrected chi connectivity index (χ3v) is 4.94. The van der Waals surface area contributed by atoms with Gasteiger partial charge in [0.2, 0.25) is 5.91 Å². The molecule has 1 fully saturated rings. The van der Waals surface area contributed by atoms with E-state index in [1.807, 2.05) is 33.0 Å². The topological polar surface area (TPSA) is 54.5 Å². The summed E-state index contributed by atoms with van der Waals surface area (Å²) in [6, 6.07) is 6.34. The second kappa shape index (κ2) is 7.44. The van der Waals surface area contributed by atoms with Crippen molar-refractivity contribution in [3.63, 3.8) is 0 Å². The van der Waals surface area contributed by atoms with E-state index in [1.165, 1.54) is 5.69 Å². The molecule has 25 heavy (non-hydrogen) atoms. The quantitative estimate of drug-likeness (QED) is 0.808. The van der Waals surface area contributed by atoms with Gasteiger partial charge in [-0.1, -0.05) is 0 Å². The van der Waals surface area contributed by atoms with E-state index < -0.39 is 0 Å². The van der Waals surface area contributed by atoms with Crippen LogP contribution >= 0.6 is 0 Å². The Balaban J connectivity index is 1.56. The molecule has 1 atom stereocenters. The standard InChI is InChI=1S/C19H28N4O2/c1-14-10-15(2)23(20-14)11-17-6-5-9-22(17)13-19(24)21(4)12-18-8-7-16(3)25-18/h7-8,10,17H,5-6,9,11-13H2,1-4H3/t17-/m1/s1. The number of carbonyl (C=O) groups excluding carboxylic acids is 1. The predicted molar refractivity (Wildman–Crippen MR) is 96.2 cm³/mol. The highest BCUT2D eigenvalue weighted by Gasteiger charge is 2.28. The highest BCUT2D eigenvalue weighted by atomic mass is 16.3. The molecule has 3 heterocycles. The molecule has 0 spiro atoms. The van der Waals surface area contributed by atoms with E-state index in [-0.39, 0.29) is 5.91 Å². The number of furan rings is 1. The Bertz CT molecular complexity index is 734. The maximum atomic E-state index is 12.6. The minimum Gasteiger partial charge on any atom is -0.464 e. The van der Waals surface area contributed by atoms with Crippen molar-refractivity contribution in [3.8, 4) is 0 Å². The lowest BCUT2D eigenvalue weighted by Gasteiger charge is -2.26. The molecule has 0 aromatic carbocycles. The first-order valence-electron chi connectivity index (χ1n) is 8.97. The summed E-state index contributed by atoms with van der Waals surface area (Å²) in [5, 5.41) is 4.56. The van der Waals surface area contributed by atoms with Gasteiger partial charge in [0.25, 0.3) is 0 Å². The molecule has 1 aliphatic rings. The van der Waals surface area contributed by atoms with Crippen LogP contribution < -0.4 is 0 Å². The molecule has 0 unspecified atom stereocenters. The lowest BCUT2D eigenvalue weighted by atomic mass is 10.2. The van der Waals surface area contributed by atoms with Gasteiger partial charge in [0.05, 0.1) is 25.3 Å². The van der Waals surface area contributed by atoms with Crippen molar-refractivity contribution < 1.29 is 9.21 Å². The van der Waals surface area contributed by atoms with Gasteiger partial charge < -0.3 is 9.32 Å². The van der Waals surface area contributed by atoms with Crippen LogP contribution in [0.4, 0.5) is 0 Å². The third kappa shape index (κ3) is 4.31. The number of aryl methyl sites for hydroxylation is 3. The number of hydrogen-bond acceptors (Lipinski definition) is 4. The molecule has 0 N–H and O–H groups in total. The summed E-state index contributed by atoms with van der Waals surface area (Å²) in [5.74, 6) is 1.84. The van der Waals surface area contributed by atoms with Crippen molar-refractivity contribution in [2.24, 2.45) is 0 Å². The number of amides is 1. The molecule has 136 valence electrons. The number of aromatic nitrogens is 2. The van der Waals surface area contributed by atoms with E-state index in [2.05, 4.69) is 27.7 Å². The summed E-state index contributed by atoms with van der Waals surface area (Å²) in [6.45, 7) is 8.83. The second-order valence-electron chi connectivity index (χ2n) is 7.14. The Kier molecular flexibility index (Phi) is 5.27. The highest BCUT2D eigenvalue weighted by Crippen LogP contribution is 2.20. The van der Waals surface area contributed by atoms with E-state index in [1.54, 1.807) is 4.90 Å². The average Bonchev–Trinajstić information content (AvgIpc) is 3.23. The Morgan fingerprint density at radius 2 is 2.16 bits per heavy atom. The first-order valence-corrected chi connectivity index (χ1v) is 8.97.